The molecule has 0 fully saturated rings. The third-order valence-corrected chi connectivity index (χ3v) is 2.79. The molecule has 4 N–H and O–H groups in total. The van der Waals surface area contributed by atoms with Crippen LogP contribution in [0.1, 0.15) is 0 Å². The van der Waals surface area contributed by atoms with Crippen molar-refractivity contribution < 1.29 is 24.6 Å². The summed E-state index contributed by atoms with van der Waals surface area (Å²) in [5, 5.41) is 22.5. The maximum absolute atomic E-state index is 12.0. The van der Waals surface area contributed by atoms with Gasteiger partial charge in [0.1, 0.15) is 6.54 Å². The van der Waals surface area contributed by atoms with E-state index in [0.29, 0.717) is 11.4 Å². The van der Waals surface area contributed by atoms with Crippen LogP contribution < -0.4 is 15.5 Å². The number of rotatable bonds is 3. The van der Waals surface area contributed by atoms with E-state index in [1.165, 1.54) is 0 Å². The predicted octanol–water partition coefficient (Wildman–Crippen LogP) is -0.400. The van der Waals surface area contributed by atoms with Gasteiger partial charge in [-0.1, -0.05) is 12.1 Å². The molecule has 0 unspecified atom stereocenters. The zero-order valence-electron chi connectivity index (χ0n) is 10.4. The monoisotopic (exact) mass is 279 g/mol. The SMILES string of the molecule is O=C1CN(C(=O)N[C@H](CO)C(=O)O)c2ccccc2N1. The van der Waals surface area contributed by atoms with Gasteiger partial charge in [-0.15, -0.1) is 0 Å². The average Bonchev–Trinajstić information content (AvgIpc) is 2.43. The summed E-state index contributed by atoms with van der Waals surface area (Å²) in [5.41, 5.74) is 0.932. The number of nitrogens with one attached hydrogen (secondary N) is 2. The van der Waals surface area contributed by atoms with Crippen molar-refractivity contribution in [3.05, 3.63) is 24.3 Å². The van der Waals surface area contributed by atoms with Gasteiger partial charge in [-0.05, 0) is 12.1 Å². The number of hydrogen-bond acceptors (Lipinski definition) is 4. The quantitative estimate of drug-likeness (QED) is 0.600. The second-order valence-electron chi connectivity index (χ2n) is 4.17. The molecule has 1 atom stereocenters. The third kappa shape index (κ3) is 2.69. The Labute approximate surface area is 114 Å². The molecule has 20 heavy (non-hydrogen) atoms. The highest BCUT2D eigenvalue weighted by molar-refractivity contribution is 6.09. The smallest absolute Gasteiger partial charge is 0.328 e. The molecule has 8 heteroatoms. The molecule has 1 aliphatic rings. The first kappa shape index (κ1) is 13.8. The number of fused-ring (bicyclic) bond motifs is 1. The van der Waals surface area contributed by atoms with Crippen LogP contribution in [0.25, 0.3) is 0 Å². The maximum atomic E-state index is 12.0. The Balaban J connectivity index is 2.22. The number of anilines is 2. The van der Waals surface area contributed by atoms with Gasteiger partial charge < -0.3 is 20.8 Å². The highest BCUT2D eigenvalue weighted by Gasteiger charge is 2.29. The number of para-hydroxylation sites is 2. The van der Waals surface area contributed by atoms with E-state index in [-0.39, 0.29) is 12.5 Å². The summed E-state index contributed by atoms with van der Waals surface area (Å²) in [5.74, 6) is -1.73. The minimum atomic E-state index is -1.42. The average molecular weight is 279 g/mol. The summed E-state index contributed by atoms with van der Waals surface area (Å²) in [4.78, 5) is 35.5. The van der Waals surface area contributed by atoms with Crippen LogP contribution in [-0.2, 0) is 9.59 Å². The number of nitrogens with zero attached hydrogens (tertiary/aromatic N) is 1. The van der Waals surface area contributed by atoms with Crippen molar-refractivity contribution >= 4 is 29.3 Å². The minimum Gasteiger partial charge on any atom is -0.480 e. The van der Waals surface area contributed by atoms with Gasteiger partial charge in [0.25, 0.3) is 0 Å². The van der Waals surface area contributed by atoms with Gasteiger partial charge in [0.15, 0.2) is 6.04 Å². The predicted molar refractivity (Wildman–Crippen MR) is 69.5 cm³/mol. The van der Waals surface area contributed by atoms with Crippen LogP contribution >= 0.6 is 0 Å². The largest absolute Gasteiger partial charge is 0.480 e. The fourth-order valence-electron chi connectivity index (χ4n) is 1.83. The molecule has 0 saturated heterocycles. The molecule has 1 aromatic rings. The Morgan fingerprint density at radius 3 is 2.75 bits per heavy atom. The number of carboxylic acid groups (broad SMARTS) is 1. The number of aliphatic hydroxyl groups is 1. The fourth-order valence-corrected chi connectivity index (χ4v) is 1.83. The van der Waals surface area contributed by atoms with Crippen molar-refractivity contribution in [3.63, 3.8) is 0 Å². The number of carbonyl (C=O) groups is 3. The number of carbonyl (C=O) groups excluding carboxylic acids is 2. The Morgan fingerprint density at radius 2 is 2.10 bits per heavy atom. The van der Waals surface area contributed by atoms with Gasteiger partial charge in [-0.3, -0.25) is 9.69 Å². The summed E-state index contributed by atoms with van der Waals surface area (Å²) in [7, 11) is 0. The standard InChI is InChI=1S/C12H13N3O5/c16-6-8(11(18)19)14-12(20)15-5-10(17)13-7-3-1-2-4-9(7)15/h1-4,8,16H,5-6H2,(H,13,17)(H,14,20)(H,18,19)/t8-/m1/s1. The second kappa shape index (κ2) is 5.57. The van der Waals surface area contributed by atoms with E-state index in [9.17, 15) is 14.4 Å². The zero-order chi connectivity index (χ0) is 14.7. The summed E-state index contributed by atoms with van der Waals surface area (Å²) in [6, 6.07) is 4.48. The first-order valence-electron chi connectivity index (χ1n) is 5.83. The lowest BCUT2D eigenvalue weighted by atomic mass is 10.2. The highest BCUT2D eigenvalue weighted by atomic mass is 16.4. The molecule has 2 rings (SSSR count). The Morgan fingerprint density at radius 1 is 1.40 bits per heavy atom. The van der Waals surface area contributed by atoms with Crippen LogP contribution in [0.3, 0.4) is 0 Å². The van der Waals surface area contributed by atoms with Crippen LogP contribution in [0.15, 0.2) is 24.3 Å². The highest BCUT2D eigenvalue weighted by Crippen LogP contribution is 2.28. The topological polar surface area (TPSA) is 119 Å². The van der Waals surface area contributed by atoms with Crippen LogP contribution in [0.4, 0.5) is 16.2 Å². The van der Waals surface area contributed by atoms with Crippen molar-refractivity contribution in [1.29, 1.82) is 0 Å². The molecule has 1 heterocycles. The van der Waals surface area contributed by atoms with Gasteiger partial charge in [0.2, 0.25) is 5.91 Å². The van der Waals surface area contributed by atoms with E-state index in [1.807, 2.05) is 0 Å². The lowest BCUT2D eigenvalue weighted by molar-refractivity contribution is -0.140. The molecule has 0 aromatic heterocycles. The number of hydrogen-bond donors (Lipinski definition) is 4. The number of carboxylic acids is 1. The minimum absolute atomic E-state index is 0.222. The van der Waals surface area contributed by atoms with Crippen LogP contribution in [0, 0.1) is 0 Å². The van der Waals surface area contributed by atoms with Crippen molar-refractivity contribution in [1.82, 2.24) is 5.32 Å². The van der Waals surface area contributed by atoms with Crippen molar-refractivity contribution in [2.45, 2.75) is 6.04 Å². The lowest BCUT2D eigenvalue weighted by Gasteiger charge is -2.29. The number of aliphatic carboxylic acids is 1. The van der Waals surface area contributed by atoms with Crippen LogP contribution in [-0.4, -0.2) is 47.3 Å². The van der Waals surface area contributed by atoms with Crippen molar-refractivity contribution in [3.8, 4) is 0 Å². The van der Waals surface area contributed by atoms with Gasteiger partial charge >= 0.3 is 12.0 Å². The first-order valence-corrected chi connectivity index (χ1v) is 5.83. The van der Waals surface area contributed by atoms with Gasteiger partial charge in [-0.25, -0.2) is 9.59 Å². The van der Waals surface area contributed by atoms with Crippen LogP contribution in [0.5, 0.6) is 0 Å². The molecule has 0 bridgehead atoms. The molecule has 0 saturated carbocycles. The summed E-state index contributed by atoms with van der Waals surface area (Å²) in [6.07, 6.45) is 0. The first-order chi connectivity index (χ1) is 9.52. The molecule has 8 nitrogen and oxygen atoms in total. The summed E-state index contributed by atoms with van der Waals surface area (Å²) >= 11 is 0. The third-order valence-electron chi connectivity index (χ3n) is 2.79. The van der Waals surface area contributed by atoms with Crippen molar-refractivity contribution in [2.75, 3.05) is 23.4 Å². The van der Waals surface area contributed by atoms with Gasteiger partial charge in [0.05, 0.1) is 18.0 Å². The van der Waals surface area contributed by atoms with Crippen LogP contribution in [0.2, 0.25) is 0 Å². The Kier molecular flexibility index (Phi) is 3.85. The van der Waals surface area contributed by atoms with E-state index < -0.39 is 24.6 Å². The molecule has 3 amide bonds. The Hall–Kier alpha value is -2.61. The van der Waals surface area contributed by atoms with E-state index in [2.05, 4.69) is 10.6 Å². The number of urea groups is 1. The molecule has 1 aliphatic heterocycles. The molecular weight excluding hydrogens is 266 g/mol. The number of amides is 3. The molecule has 1 aromatic carbocycles. The van der Waals surface area contributed by atoms with Crippen molar-refractivity contribution in [2.24, 2.45) is 0 Å². The number of aliphatic hydroxyl groups excluding tert-OH is 1. The Bertz CT molecular complexity index is 560. The zero-order valence-corrected chi connectivity index (χ0v) is 10.4. The van der Waals surface area contributed by atoms with E-state index in [1.54, 1.807) is 24.3 Å². The van der Waals surface area contributed by atoms with Gasteiger partial charge in [0, 0.05) is 0 Å². The van der Waals surface area contributed by atoms with E-state index >= 15 is 0 Å². The van der Waals surface area contributed by atoms with E-state index in [4.69, 9.17) is 10.2 Å². The van der Waals surface area contributed by atoms with Gasteiger partial charge in [-0.2, -0.15) is 0 Å². The lowest BCUT2D eigenvalue weighted by Crippen LogP contribution is -2.52. The maximum Gasteiger partial charge on any atom is 0.328 e. The summed E-state index contributed by atoms with van der Waals surface area (Å²) < 4.78 is 0. The molecular formula is C12H13N3O5. The number of benzene rings is 1. The molecule has 0 radical (unpaired) electrons. The molecule has 0 spiro atoms. The normalized spacial score (nSPS) is 15.1. The summed E-state index contributed by atoms with van der Waals surface area (Å²) in [6.45, 7) is -0.955. The molecule has 106 valence electrons. The fraction of sp³-hybridized carbons (Fsp3) is 0.250. The van der Waals surface area contributed by atoms with E-state index in [0.717, 1.165) is 4.90 Å². The second-order valence-corrected chi connectivity index (χ2v) is 4.17. The molecule has 0 aliphatic carbocycles.